The molecule has 0 bridgehead atoms. The normalized spacial score (nSPS) is 10.3. The number of carbonyl (C=O) groups excluding carboxylic acids is 1. The first-order valence-corrected chi connectivity index (χ1v) is 8.50. The zero-order valence-electron chi connectivity index (χ0n) is 15.3. The molecule has 0 aliphatic rings. The summed E-state index contributed by atoms with van der Waals surface area (Å²) in [5, 5.41) is 1.40. The Balaban J connectivity index is 2.27. The van der Waals surface area contributed by atoms with Crippen LogP contribution in [-0.4, -0.2) is 25.2 Å². The van der Waals surface area contributed by atoms with Crippen molar-refractivity contribution < 1.29 is 14.3 Å². The van der Waals surface area contributed by atoms with Crippen LogP contribution < -0.4 is 25.6 Å². The number of thiocarbonyl (C=S) groups is 1. The molecule has 2 aromatic carbocycles. The zero-order valence-corrected chi connectivity index (χ0v) is 16.1. The van der Waals surface area contributed by atoms with Crippen LogP contribution >= 0.6 is 12.2 Å². The number of methoxy groups -OCH3 is 2. The van der Waals surface area contributed by atoms with E-state index in [-0.39, 0.29) is 11.0 Å². The highest BCUT2D eigenvalue weighted by atomic mass is 32.1. The number of rotatable bonds is 5. The fourth-order valence-electron chi connectivity index (χ4n) is 2.36. The third kappa shape index (κ3) is 4.64. The molecular formula is C19H23N3O3S. The number of hydrogen-bond donors (Lipinski definition) is 2. The van der Waals surface area contributed by atoms with E-state index in [9.17, 15) is 4.79 Å². The number of ether oxygens (including phenoxy) is 2. The molecule has 2 aromatic rings. The number of hydrazine groups is 1. The number of benzene rings is 2. The lowest BCUT2D eigenvalue weighted by molar-refractivity contribution is 0.0954. The largest absolute Gasteiger partial charge is 0.497 e. The van der Waals surface area contributed by atoms with Crippen LogP contribution in [0.2, 0.25) is 0 Å². The van der Waals surface area contributed by atoms with Gasteiger partial charge in [0.15, 0.2) is 5.11 Å². The summed E-state index contributed by atoms with van der Waals surface area (Å²) in [7, 11) is 3.04. The van der Waals surface area contributed by atoms with Crippen LogP contribution in [0, 0.1) is 0 Å². The van der Waals surface area contributed by atoms with Gasteiger partial charge < -0.3 is 15.2 Å². The molecule has 6 nitrogen and oxygen atoms in total. The van der Waals surface area contributed by atoms with Crippen molar-refractivity contribution in [2.24, 2.45) is 5.73 Å². The van der Waals surface area contributed by atoms with Crippen molar-refractivity contribution in [3.05, 3.63) is 53.6 Å². The van der Waals surface area contributed by atoms with Crippen LogP contribution in [0.3, 0.4) is 0 Å². The zero-order chi connectivity index (χ0) is 19.3. The Morgan fingerprint density at radius 1 is 1.08 bits per heavy atom. The molecule has 7 heteroatoms. The monoisotopic (exact) mass is 373 g/mol. The van der Waals surface area contributed by atoms with Crippen LogP contribution in [0.15, 0.2) is 42.5 Å². The van der Waals surface area contributed by atoms with Gasteiger partial charge in [-0.3, -0.25) is 10.2 Å². The van der Waals surface area contributed by atoms with Gasteiger partial charge in [0.05, 0.1) is 19.9 Å². The summed E-state index contributed by atoms with van der Waals surface area (Å²) in [6.45, 7) is 4.22. The number of carbonyl (C=O) groups is 1. The SMILES string of the molecule is COc1cc(OC)cc(C(=O)NN(C(N)=S)c2ccc(C(C)C)cc2)c1. The van der Waals surface area contributed by atoms with Gasteiger partial charge in [0.1, 0.15) is 11.5 Å². The first-order valence-electron chi connectivity index (χ1n) is 8.09. The number of amides is 1. The quantitative estimate of drug-likeness (QED) is 0.619. The Hall–Kier alpha value is -2.80. The average Bonchev–Trinajstić information content (AvgIpc) is 2.65. The van der Waals surface area contributed by atoms with Gasteiger partial charge in [-0.2, -0.15) is 0 Å². The Morgan fingerprint density at radius 2 is 1.62 bits per heavy atom. The van der Waals surface area contributed by atoms with E-state index in [4.69, 9.17) is 27.4 Å². The smallest absolute Gasteiger partial charge is 0.270 e. The van der Waals surface area contributed by atoms with Crippen LogP contribution in [0.4, 0.5) is 5.69 Å². The topological polar surface area (TPSA) is 76.8 Å². The number of nitrogens with one attached hydrogen (secondary N) is 1. The molecule has 138 valence electrons. The van der Waals surface area contributed by atoms with Gasteiger partial charge in [0.2, 0.25) is 0 Å². The van der Waals surface area contributed by atoms with Gasteiger partial charge in [-0.05, 0) is 48.0 Å². The van der Waals surface area contributed by atoms with Crippen LogP contribution in [0.25, 0.3) is 0 Å². The van der Waals surface area contributed by atoms with Crippen molar-refractivity contribution in [3.8, 4) is 11.5 Å². The van der Waals surface area contributed by atoms with Gasteiger partial charge in [-0.25, -0.2) is 5.01 Å². The van der Waals surface area contributed by atoms with Crippen LogP contribution in [0.5, 0.6) is 11.5 Å². The van der Waals surface area contributed by atoms with E-state index in [1.807, 2.05) is 24.3 Å². The van der Waals surface area contributed by atoms with Gasteiger partial charge in [0.25, 0.3) is 5.91 Å². The van der Waals surface area contributed by atoms with E-state index in [1.54, 1.807) is 18.2 Å². The second-order valence-electron chi connectivity index (χ2n) is 5.96. The molecule has 0 spiro atoms. The van der Waals surface area contributed by atoms with Crippen molar-refractivity contribution in [1.82, 2.24) is 5.43 Å². The average molecular weight is 373 g/mol. The number of anilines is 1. The Labute approximate surface area is 158 Å². The highest BCUT2D eigenvalue weighted by Crippen LogP contribution is 2.23. The third-order valence-corrected chi connectivity index (χ3v) is 4.05. The first kappa shape index (κ1) is 19.5. The molecule has 0 saturated heterocycles. The van der Waals surface area contributed by atoms with E-state index in [1.165, 1.54) is 24.8 Å². The van der Waals surface area contributed by atoms with Gasteiger partial charge in [-0.15, -0.1) is 0 Å². The fourth-order valence-corrected chi connectivity index (χ4v) is 2.51. The van der Waals surface area contributed by atoms with E-state index < -0.39 is 0 Å². The summed E-state index contributed by atoms with van der Waals surface area (Å²) in [6.07, 6.45) is 0. The maximum absolute atomic E-state index is 12.7. The molecular weight excluding hydrogens is 350 g/mol. The molecule has 1 amide bonds. The minimum absolute atomic E-state index is 0.0329. The number of hydrogen-bond acceptors (Lipinski definition) is 4. The van der Waals surface area contributed by atoms with E-state index in [0.717, 1.165) is 0 Å². The van der Waals surface area contributed by atoms with Crippen molar-refractivity contribution in [2.45, 2.75) is 19.8 Å². The van der Waals surface area contributed by atoms with Crippen LogP contribution in [-0.2, 0) is 0 Å². The lowest BCUT2D eigenvalue weighted by Crippen LogP contribution is -2.49. The predicted molar refractivity (Wildman–Crippen MR) is 107 cm³/mol. The molecule has 0 fully saturated rings. The van der Waals surface area contributed by atoms with Gasteiger partial charge in [-0.1, -0.05) is 26.0 Å². The highest BCUT2D eigenvalue weighted by molar-refractivity contribution is 7.80. The highest BCUT2D eigenvalue weighted by Gasteiger charge is 2.16. The summed E-state index contributed by atoms with van der Waals surface area (Å²) >= 11 is 5.09. The lowest BCUT2D eigenvalue weighted by atomic mass is 10.0. The second kappa shape index (κ2) is 8.53. The summed E-state index contributed by atoms with van der Waals surface area (Å²) in [6, 6.07) is 12.6. The Bertz CT molecular complexity index is 769. The molecule has 26 heavy (non-hydrogen) atoms. The fraction of sp³-hybridized carbons (Fsp3) is 0.263. The first-order chi connectivity index (χ1) is 12.3. The molecule has 0 heterocycles. The van der Waals surface area contributed by atoms with Crippen molar-refractivity contribution >= 4 is 28.9 Å². The Kier molecular flexibility index (Phi) is 6.41. The molecule has 0 aliphatic carbocycles. The third-order valence-electron chi connectivity index (χ3n) is 3.87. The summed E-state index contributed by atoms with van der Waals surface area (Å²) in [4.78, 5) is 12.7. The maximum atomic E-state index is 12.7. The van der Waals surface area contributed by atoms with Crippen molar-refractivity contribution in [3.63, 3.8) is 0 Å². The van der Waals surface area contributed by atoms with E-state index in [0.29, 0.717) is 28.7 Å². The van der Waals surface area contributed by atoms with Crippen molar-refractivity contribution in [1.29, 1.82) is 0 Å². The van der Waals surface area contributed by atoms with Gasteiger partial charge >= 0.3 is 0 Å². The van der Waals surface area contributed by atoms with E-state index in [2.05, 4.69) is 19.3 Å². The summed E-state index contributed by atoms with van der Waals surface area (Å²) < 4.78 is 10.4. The standard InChI is InChI=1S/C19H23N3O3S/c1-12(2)13-5-7-15(8-6-13)22(19(20)26)21-18(23)14-9-16(24-3)11-17(10-14)25-4/h5-12H,1-4H3,(H2,20,26)(H,21,23). The number of nitrogens with two attached hydrogens (primary N) is 1. The molecule has 0 saturated carbocycles. The second-order valence-corrected chi connectivity index (χ2v) is 6.38. The van der Waals surface area contributed by atoms with Gasteiger partial charge in [0, 0.05) is 11.6 Å². The molecule has 0 unspecified atom stereocenters. The maximum Gasteiger partial charge on any atom is 0.270 e. The summed E-state index contributed by atoms with van der Waals surface area (Å²) in [5.41, 5.74) is 10.7. The molecule has 0 aliphatic heterocycles. The molecule has 2 rings (SSSR count). The Morgan fingerprint density at radius 3 is 2.04 bits per heavy atom. The predicted octanol–water partition coefficient (Wildman–Crippen LogP) is 3.22. The number of nitrogens with zero attached hydrogens (tertiary/aromatic N) is 1. The van der Waals surface area contributed by atoms with Crippen molar-refractivity contribution in [2.75, 3.05) is 19.2 Å². The lowest BCUT2D eigenvalue weighted by Gasteiger charge is -2.24. The summed E-state index contributed by atoms with van der Waals surface area (Å²) in [5.74, 6) is 1.04. The van der Waals surface area contributed by atoms with Crippen LogP contribution in [0.1, 0.15) is 35.7 Å². The minimum Gasteiger partial charge on any atom is -0.497 e. The molecule has 0 aromatic heterocycles. The minimum atomic E-state index is -0.386. The molecule has 3 N–H and O–H groups in total. The van der Waals surface area contributed by atoms with E-state index >= 15 is 0 Å². The molecule has 0 radical (unpaired) electrons. The molecule has 0 atom stereocenters.